The summed E-state index contributed by atoms with van der Waals surface area (Å²) in [7, 11) is -2.23. The van der Waals surface area contributed by atoms with Crippen LogP contribution in [0.2, 0.25) is 0 Å². The smallest absolute Gasteiger partial charge is 0.330 e. The van der Waals surface area contributed by atoms with Crippen molar-refractivity contribution in [3.63, 3.8) is 0 Å². The van der Waals surface area contributed by atoms with Gasteiger partial charge in [0.15, 0.2) is 16.3 Å². The number of rotatable bonds is 6. The third kappa shape index (κ3) is 4.69. The fraction of sp³-hybridized carbons (Fsp3) is 0.208. The molecular formula is C24H22N5O7PS. The van der Waals surface area contributed by atoms with Crippen LogP contribution in [0.5, 0.6) is 5.75 Å². The summed E-state index contributed by atoms with van der Waals surface area (Å²) in [5, 5.41) is 31.3. The van der Waals surface area contributed by atoms with E-state index in [9.17, 15) is 25.0 Å². The Balaban J connectivity index is 1.46. The number of benzene rings is 2. The van der Waals surface area contributed by atoms with Gasteiger partial charge in [-0.3, -0.25) is 4.79 Å². The number of imidazole rings is 2. The standard InChI is InChI=1S/C24H22N5O7PS/c30-14-6-8-15(9-7-14)38-24-26-19-21(28(24)11-17(31)20-18(32)12-35-37(34)36-20)27-23-25-16(10-29(23)22(19)33)13-4-2-1-3-5-13/h1-10,17-18,20,30-32,34H,11-12H2,(H,25,27)/t17-,18?,20?,37?/m1/s1. The molecule has 0 bridgehead atoms. The minimum atomic E-state index is -2.23. The number of aromatic amines is 1. The maximum atomic E-state index is 13.5. The second kappa shape index (κ2) is 10.1. The lowest BCUT2D eigenvalue weighted by Gasteiger charge is -2.33. The van der Waals surface area contributed by atoms with Gasteiger partial charge in [0.2, 0.25) is 5.78 Å². The Bertz CT molecular complexity index is 1660. The molecule has 1 saturated heterocycles. The molecule has 0 amide bonds. The lowest BCUT2D eigenvalue weighted by molar-refractivity contribution is -0.0956. The van der Waals surface area contributed by atoms with Crippen molar-refractivity contribution in [2.24, 2.45) is 0 Å². The van der Waals surface area contributed by atoms with E-state index in [2.05, 4.69) is 15.0 Å². The van der Waals surface area contributed by atoms with Crippen LogP contribution >= 0.6 is 20.4 Å². The molecule has 5 aromatic rings. The van der Waals surface area contributed by atoms with Crippen LogP contribution in [0, 0.1) is 0 Å². The maximum absolute atomic E-state index is 13.5. The van der Waals surface area contributed by atoms with Crippen molar-refractivity contribution in [1.82, 2.24) is 23.9 Å². The molecule has 3 aromatic heterocycles. The normalized spacial score (nSPS) is 20.8. The van der Waals surface area contributed by atoms with Crippen molar-refractivity contribution < 1.29 is 29.3 Å². The summed E-state index contributed by atoms with van der Waals surface area (Å²) in [6.45, 7) is -0.328. The zero-order valence-corrected chi connectivity index (χ0v) is 21.3. The van der Waals surface area contributed by atoms with Crippen molar-refractivity contribution in [3.05, 3.63) is 71.1 Å². The predicted molar refractivity (Wildman–Crippen MR) is 139 cm³/mol. The number of phenols is 1. The van der Waals surface area contributed by atoms with Gasteiger partial charge in [0.1, 0.15) is 24.1 Å². The van der Waals surface area contributed by atoms with Gasteiger partial charge in [-0.15, -0.1) is 0 Å². The monoisotopic (exact) mass is 555 g/mol. The number of hydrogen-bond donors (Lipinski definition) is 5. The third-order valence-corrected chi connectivity index (χ3v) is 7.89. The zero-order chi connectivity index (χ0) is 26.4. The molecule has 4 atom stereocenters. The molecule has 1 fully saturated rings. The van der Waals surface area contributed by atoms with E-state index in [4.69, 9.17) is 9.05 Å². The average molecular weight is 556 g/mol. The molecule has 1 aliphatic heterocycles. The first-order valence-electron chi connectivity index (χ1n) is 11.6. The fourth-order valence-corrected chi connectivity index (χ4v) is 5.94. The van der Waals surface area contributed by atoms with Crippen molar-refractivity contribution in [2.75, 3.05) is 6.61 Å². The average Bonchev–Trinajstić information content (AvgIpc) is 3.50. The first kappa shape index (κ1) is 25.0. The molecule has 0 saturated carbocycles. The largest absolute Gasteiger partial charge is 0.508 e. The van der Waals surface area contributed by atoms with Crippen molar-refractivity contribution in [3.8, 4) is 17.0 Å². The molecule has 14 heteroatoms. The Labute approximate surface area is 220 Å². The van der Waals surface area contributed by atoms with Crippen LogP contribution in [0.1, 0.15) is 0 Å². The Morgan fingerprint density at radius 2 is 1.92 bits per heavy atom. The number of nitrogens with zero attached hydrogens (tertiary/aromatic N) is 4. The minimum Gasteiger partial charge on any atom is -0.508 e. The van der Waals surface area contributed by atoms with Gasteiger partial charge in [0, 0.05) is 11.1 Å². The quantitative estimate of drug-likeness (QED) is 0.196. The molecule has 4 heterocycles. The van der Waals surface area contributed by atoms with Crippen LogP contribution in [0.4, 0.5) is 0 Å². The van der Waals surface area contributed by atoms with Crippen molar-refractivity contribution in [1.29, 1.82) is 0 Å². The number of nitrogens with one attached hydrogen (secondary N) is 1. The lowest BCUT2D eigenvalue weighted by atomic mass is 10.1. The Kier molecular flexibility index (Phi) is 6.66. The highest BCUT2D eigenvalue weighted by Gasteiger charge is 2.37. The summed E-state index contributed by atoms with van der Waals surface area (Å²) in [5.74, 6) is 0.396. The second-order valence-electron chi connectivity index (χ2n) is 8.66. The Morgan fingerprint density at radius 1 is 1.16 bits per heavy atom. The molecule has 0 spiro atoms. The molecular weight excluding hydrogens is 533 g/mol. The summed E-state index contributed by atoms with van der Waals surface area (Å²) in [4.78, 5) is 36.4. The van der Waals surface area contributed by atoms with Crippen LogP contribution in [0.15, 0.2) is 75.6 Å². The molecule has 0 aliphatic carbocycles. The molecule has 196 valence electrons. The molecule has 0 radical (unpaired) electrons. The van der Waals surface area contributed by atoms with E-state index in [1.54, 1.807) is 22.9 Å². The van der Waals surface area contributed by atoms with Crippen LogP contribution in [0.3, 0.4) is 0 Å². The maximum Gasteiger partial charge on any atom is 0.330 e. The highest BCUT2D eigenvalue weighted by atomic mass is 32.2. The number of aliphatic hydroxyl groups excluding tert-OH is 2. The Morgan fingerprint density at radius 3 is 2.68 bits per heavy atom. The van der Waals surface area contributed by atoms with Gasteiger partial charge >= 0.3 is 8.60 Å². The number of aromatic hydroxyl groups is 1. The summed E-state index contributed by atoms with van der Waals surface area (Å²) in [5.41, 5.74) is 1.49. The predicted octanol–water partition coefficient (Wildman–Crippen LogP) is 2.25. The van der Waals surface area contributed by atoms with Gasteiger partial charge in [0.05, 0.1) is 18.8 Å². The number of aliphatic hydroxyl groups is 2. The summed E-state index contributed by atoms with van der Waals surface area (Å²) in [6, 6.07) is 15.9. The third-order valence-electron chi connectivity index (χ3n) is 6.10. The van der Waals surface area contributed by atoms with Crippen molar-refractivity contribution >= 4 is 37.3 Å². The summed E-state index contributed by atoms with van der Waals surface area (Å²) in [6.07, 6.45) is -1.91. The van der Waals surface area contributed by atoms with E-state index < -0.39 is 32.5 Å². The summed E-state index contributed by atoms with van der Waals surface area (Å²) < 4.78 is 13.2. The van der Waals surface area contributed by atoms with Gasteiger partial charge < -0.3 is 38.8 Å². The zero-order valence-electron chi connectivity index (χ0n) is 19.6. The van der Waals surface area contributed by atoms with Crippen LogP contribution in [0.25, 0.3) is 28.2 Å². The second-order valence-corrected chi connectivity index (χ2v) is 10.6. The van der Waals surface area contributed by atoms with Gasteiger partial charge in [-0.05, 0) is 29.8 Å². The number of phenolic OH excluding ortho intramolecular Hbond substituents is 1. The van der Waals surface area contributed by atoms with E-state index in [0.29, 0.717) is 16.6 Å². The SMILES string of the molecule is O=c1c2nc(Sc3ccc(O)cc3)n(C[C@@H](O)C3OP(O)OCC3O)c2nc2[nH]c(-c3ccccc3)cn12. The van der Waals surface area contributed by atoms with E-state index in [-0.39, 0.29) is 30.1 Å². The van der Waals surface area contributed by atoms with Crippen LogP contribution < -0.4 is 5.56 Å². The van der Waals surface area contributed by atoms with E-state index >= 15 is 0 Å². The highest BCUT2D eigenvalue weighted by Crippen LogP contribution is 2.41. The molecule has 6 rings (SSSR count). The lowest BCUT2D eigenvalue weighted by Crippen LogP contribution is -2.45. The molecule has 2 aromatic carbocycles. The summed E-state index contributed by atoms with van der Waals surface area (Å²) >= 11 is 1.21. The van der Waals surface area contributed by atoms with E-state index in [1.807, 2.05) is 30.3 Å². The molecule has 12 nitrogen and oxygen atoms in total. The van der Waals surface area contributed by atoms with Crippen molar-refractivity contribution in [2.45, 2.75) is 34.9 Å². The molecule has 1 aliphatic rings. The first-order valence-corrected chi connectivity index (χ1v) is 13.5. The topological polar surface area (TPSA) is 167 Å². The number of hydrogen-bond acceptors (Lipinski definition) is 10. The fourth-order valence-electron chi connectivity index (χ4n) is 4.22. The Hall–Kier alpha value is -3.29. The van der Waals surface area contributed by atoms with E-state index in [1.165, 1.54) is 28.3 Å². The highest BCUT2D eigenvalue weighted by molar-refractivity contribution is 7.99. The van der Waals surface area contributed by atoms with Crippen LogP contribution in [-0.4, -0.2) is 69.1 Å². The van der Waals surface area contributed by atoms with Gasteiger partial charge in [-0.25, -0.2) is 9.38 Å². The van der Waals surface area contributed by atoms with Gasteiger partial charge in [-0.2, -0.15) is 4.98 Å². The molecule has 5 N–H and O–H groups in total. The first-order chi connectivity index (χ1) is 18.4. The number of fused-ring (bicyclic) bond motifs is 2. The number of aromatic nitrogens is 5. The van der Waals surface area contributed by atoms with Gasteiger partial charge in [-0.1, -0.05) is 42.1 Å². The molecule has 38 heavy (non-hydrogen) atoms. The molecule has 3 unspecified atom stereocenters. The van der Waals surface area contributed by atoms with Crippen LogP contribution in [-0.2, 0) is 15.6 Å². The van der Waals surface area contributed by atoms with Gasteiger partial charge in [0.25, 0.3) is 5.56 Å². The minimum absolute atomic E-state index is 0.0902. The number of H-pyrrole nitrogens is 1. The van der Waals surface area contributed by atoms with E-state index in [0.717, 1.165) is 10.5 Å².